The van der Waals surface area contributed by atoms with Gasteiger partial charge in [-0.3, -0.25) is 4.68 Å². The molecule has 6 heteroatoms. The first-order valence-electron chi connectivity index (χ1n) is 9.62. The van der Waals surface area contributed by atoms with E-state index >= 15 is 0 Å². The van der Waals surface area contributed by atoms with Gasteiger partial charge >= 0.3 is 0 Å². The van der Waals surface area contributed by atoms with Crippen molar-refractivity contribution in [1.82, 2.24) is 24.5 Å². The van der Waals surface area contributed by atoms with Crippen LogP contribution in [-0.4, -0.2) is 38.9 Å². The maximum Gasteiger partial charge on any atom is 0.136 e. The SMILES string of the molecule is CCn1nccc1[C@@H]1OCCC[C@H]1CNCCc1cn2ccccc2n1. The number of aromatic nitrogens is 4. The first-order chi connectivity index (χ1) is 12.8. The van der Waals surface area contributed by atoms with Crippen LogP contribution in [-0.2, 0) is 17.7 Å². The average Bonchev–Trinajstić information content (AvgIpc) is 3.31. The van der Waals surface area contributed by atoms with Crippen molar-refractivity contribution in [2.45, 2.75) is 38.8 Å². The second-order valence-electron chi connectivity index (χ2n) is 6.92. The second kappa shape index (κ2) is 8.01. The molecule has 26 heavy (non-hydrogen) atoms. The van der Waals surface area contributed by atoms with Gasteiger partial charge in [-0.2, -0.15) is 5.10 Å². The number of aryl methyl sites for hydroxylation is 1. The Hall–Kier alpha value is -2.18. The van der Waals surface area contributed by atoms with Crippen LogP contribution in [0.1, 0.15) is 37.3 Å². The Kier molecular flexibility index (Phi) is 5.32. The second-order valence-corrected chi connectivity index (χ2v) is 6.92. The minimum Gasteiger partial charge on any atom is -0.372 e. The molecule has 1 aliphatic rings. The first kappa shape index (κ1) is 17.2. The normalized spacial score (nSPS) is 20.7. The highest BCUT2D eigenvalue weighted by atomic mass is 16.5. The van der Waals surface area contributed by atoms with Gasteiger partial charge in [0.2, 0.25) is 0 Å². The third-order valence-corrected chi connectivity index (χ3v) is 5.16. The van der Waals surface area contributed by atoms with Crippen LogP contribution in [0.5, 0.6) is 0 Å². The molecule has 0 aliphatic carbocycles. The van der Waals surface area contributed by atoms with Gasteiger partial charge in [0, 0.05) is 57.2 Å². The molecule has 1 saturated heterocycles. The van der Waals surface area contributed by atoms with E-state index in [1.54, 1.807) is 0 Å². The summed E-state index contributed by atoms with van der Waals surface area (Å²) in [5.74, 6) is 0.492. The summed E-state index contributed by atoms with van der Waals surface area (Å²) in [5, 5.41) is 8.03. The van der Waals surface area contributed by atoms with Crippen LogP contribution in [0.2, 0.25) is 0 Å². The highest BCUT2D eigenvalue weighted by molar-refractivity contribution is 5.39. The molecule has 6 nitrogen and oxygen atoms in total. The molecule has 2 atom stereocenters. The van der Waals surface area contributed by atoms with E-state index in [1.165, 1.54) is 12.1 Å². The van der Waals surface area contributed by atoms with Crippen molar-refractivity contribution < 1.29 is 4.74 Å². The Morgan fingerprint density at radius 1 is 1.31 bits per heavy atom. The lowest BCUT2D eigenvalue weighted by Crippen LogP contribution is -2.33. The van der Waals surface area contributed by atoms with Gasteiger partial charge in [0.25, 0.3) is 0 Å². The number of nitrogens with one attached hydrogen (secondary N) is 1. The molecular formula is C20H27N5O. The van der Waals surface area contributed by atoms with E-state index < -0.39 is 0 Å². The molecule has 0 radical (unpaired) electrons. The number of pyridine rings is 1. The van der Waals surface area contributed by atoms with E-state index in [9.17, 15) is 0 Å². The molecule has 0 saturated carbocycles. The molecule has 0 unspecified atom stereocenters. The van der Waals surface area contributed by atoms with Crippen molar-refractivity contribution in [1.29, 1.82) is 0 Å². The Labute approximate surface area is 154 Å². The van der Waals surface area contributed by atoms with E-state index in [2.05, 4.69) is 43.7 Å². The highest BCUT2D eigenvalue weighted by Crippen LogP contribution is 2.33. The van der Waals surface area contributed by atoms with Gasteiger partial charge in [0.15, 0.2) is 0 Å². The van der Waals surface area contributed by atoms with E-state index in [-0.39, 0.29) is 6.10 Å². The van der Waals surface area contributed by atoms with E-state index in [0.29, 0.717) is 5.92 Å². The van der Waals surface area contributed by atoms with Crippen molar-refractivity contribution in [2.24, 2.45) is 5.92 Å². The van der Waals surface area contributed by atoms with E-state index in [4.69, 9.17) is 4.74 Å². The lowest BCUT2D eigenvalue weighted by molar-refractivity contribution is -0.0325. The molecule has 4 rings (SSSR count). The zero-order chi connectivity index (χ0) is 17.8. The lowest BCUT2D eigenvalue weighted by Gasteiger charge is -2.32. The van der Waals surface area contributed by atoms with Gasteiger partial charge in [0.05, 0.1) is 11.4 Å². The number of fused-ring (bicyclic) bond motifs is 1. The fourth-order valence-corrected chi connectivity index (χ4v) is 3.84. The molecule has 0 amide bonds. The minimum atomic E-state index is 0.147. The Morgan fingerprint density at radius 2 is 2.27 bits per heavy atom. The predicted molar refractivity (Wildman–Crippen MR) is 101 cm³/mol. The van der Waals surface area contributed by atoms with Gasteiger partial charge < -0.3 is 14.5 Å². The van der Waals surface area contributed by atoms with Crippen molar-refractivity contribution >= 4 is 5.65 Å². The molecule has 138 valence electrons. The number of hydrogen-bond donors (Lipinski definition) is 1. The van der Waals surface area contributed by atoms with Crippen molar-refractivity contribution in [3.63, 3.8) is 0 Å². The average molecular weight is 353 g/mol. The smallest absolute Gasteiger partial charge is 0.136 e. The van der Waals surface area contributed by atoms with Gasteiger partial charge in [-0.05, 0) is 38.0 Å². The van der Waals surface area contributed by atoms with Gasteiger partial charge in [-0.25, -0.2) is 4.98 Å². The summed E-state index contributed by atoms with van der Waals surface area (Å²) in [6, 6.07) is 8.19. The van der Waals surface area contributed by atoms with Crippen molar-refractivity contribution in [3.8, 4) is 0 Å². The van der Waals surface area contributed by atoms with Gasteiger partial charge in [-0.15, -0.1) is 0 Å². The van der Waals surface area contributed by atoms with Crippen molar-refractivity contribution in [3.05, 3.63) is 54.2 Å². The van der Waals surface area contributed by atoms with Crippen LogP contribution in [0.3, 0.4) is 0 Å². The minimum absolute atomic E-state index is 0.147. The molecule has 1 N–H and O–H groups in total. The Balaban J connectivity index is 1.32. The van der Waals surface area contributed by atoms with Crippen LogP contribution in [0.25, 0.3) is 5.65 Å². The molecule has 0 bridgehead atoms. The number of nitrogens with zero attached hydrogens (tertiary/aromatic N) is 4. The summed E-state index contributed by atoms with van der Waals surface area (Å²) in [6.45, 7) is 5.75. The maximum atomic E-state index is 6.12. The number of rotatable bonds is 7. The fraction of sp³-hybridized carbons (Fsp3) is 0.500. The maximum absolute atomic E-state index is 6.12. The quantitative estimate of drug-likeness (QED) is 0.664. The molecule has 1 aliphatic heterocycles. The molecule has 3 aromatic rings. The van der Waals surface area contributed by atoms with Gasteiger partial charge in [-0.1, -0.05) is 6.07 Å². The molecule has 0 spiro atoms. The van der Waals surface area contributed by atoms with Crippen LogP contribution in [0, 0.1) is 5.92 Å². The highest BCUT2D eigenvalue weighted by Gasteiger charge is 2.29. The molecular weight excluding hydrogens is 326 g/mol. The molecule has 1 fully saturated rings. The summed E-state index contributed by atoms with van der Waals surface area (Å²) in [6.07, 6.45) is 9.45. The Morgan fingerprint density at radius 3 is 3.15 bits per heavy atom. The predicted octanol–water partition coefficient (Wildman–Crippen LogP) is 2.85. The van der Waals surface area contributed by atoms with Crippen molar-refractivity contribution in [2.75, 3.05) is 19.7 Å². The van der Waals surface area contributed by atoms with Crippen LogP contribution in [0.15, 0.2) is 42.9 Å². The summed E-state index contributed by atoms with van der Waals surface area (Å²) < 4.78 is 10.2. The standard InChI is InChI=1S/C20H27N5O/c1-2-25-18(9-11-22-25)20-16(6-5-13-26-20)14-21-10-8-17-15-24-12-4-3-7-19(24)23-17/h3-4,7,9,11-12,15-16,20-21H,2,5-6,8,10,13-14H2,1H3/t16-,20+/m0/s1. The third kappa shape index (κ3) is 3.66. The van der Waals surface area contributed by atoms with Crippen LogP contribution in [0.4, 0.5) is 0 Å². The van der Waals surface area contributed by atoms with Crippen LogP contribution < -0.4 is 5.32 Å². The first-order valence-corrected chi connectivity index (χ1v) is 9.62. The zero-order valence-electron chi connectivity index (χ0n) is 15.3. The molecule has 4 heterocycles. The lowest BCUT2D eigenvalue weighted by atomic mass is 9.92. The topological polar surface area (TPSA) is 56.4 Å². The largest absolute Gasteiger partial charge is 0.372 e. The third-order valence-electron chi connectivity index (χ3n) is 5.16. The summed E-state index contributed by atoms with van der Waals surface area (Å²) in [7, 11) is 0. The van der Waals surface area contributed by atoms with Gasteiger partial charge in [0.1, 0.15) is 11.8 Å². The Bertz CT molecular complexity index is 806. The zero-order valence-corrected chi connectivity index (χ0v) is 15.3. The van der Waals surface area contributed by atoms with Crippen LogP contribution >= 0.6 is 0 Å². The summed E-state index contributed by atoms with van der Waals surface area (Å²) >= 11 is 0. The van der Waals surface area contributed by atoms with E-state index in [0.717, 1.165) is 50.4 Å². The number of hydrogen-bond acceptors (Lipinski definition) is 4. The van der Waals surface area contributed by atoms with E-state index in [1.807, 2.05) is 30.6 Å². The summed E-state index contributed by atoms with van der Waals surface area (Å²) in [5.41, 5.74) is 3.35. The number of imidazole rings is 1. The molecule has 3 aromatic heterocycles. The monoisotopic (exact) mass is 353 g/mol. The molecule has 0 aromatic carbocycles. The summed E-state index contributed by atoms with van der Waals surface area (Å²) in [4.78, 5) is 4.66. The number of ether oxygens (including phenoxy) is 1. The fourth-order valence-electron chi connectivity index (χ4n) is 3.84.